The molecule has 6 heteroatoms. The van der Waals surface area contributed by atoms with E-state index in [4.69, 9.17) is 9.26 Å². The second kappa shape index (κ2) is 6.15. The number of carbonyl (C=O) groups excluding carboxylic acids is 1. The van der Waals surface area contributed by atoms with Crippen molar-refractivity contribution >= 4 is 6.09 Å². The Labute approximate surface area is 137 Å². The minimum atomic E-state index is -1.03. The number of carbonyl (C=O) groups is 1. The van der Waals surface area contributed by atoms with Crippen LogP contribution >= 0.6 is 0 Å². The first-order chi connectivity index (χ1) is 10.5. The van der Waals surface area contributed by atoms with Gasteiger partial charge in [0.2, 0.25) is 0 Å². The van der Waals surface area contributed by atoms with Gasteiger partial charge in [-0.2, -0.15) is 0 Å². The number of aliphatic hydroxyl groups is 1. The zero-order chi connectivity index (χ0) is 17.4. The van der Waals surface area contributed by atoms with Crippen molar-refractivity contribution in [2.75, 3.05) is 6.54 Å². The van der Waals surface area contributed by atoms with E-state index in [0.717, 1.165) is 12.8 Å². The molecule has 1 amide bonds. The van der Waals surface area contributed by atoms with Gasteiger partial charge in [0.05, 0.1) is 0 Å². The maximum atomic E-state index is 12.4. The largest absolute Gasteiger partial charge is 0.444 e. The summed E-state index contributed by atoms with van der Waals surface area (Å²) < 4.78 is 10.9. The second-order valence-electron chi connectivity index (χ2n) is 7.93. The van der Waals surface area contributed by atoms with Gasteiger partial charge < -0.3 is 19.3 Å². The quantitative estimate of drug-likeness (QED) is 0.902. The highest BCUT2D eigenvalue weighted by atomic mass is 16.6. The van der Waals surface area contributed by atoms with E-state index >= 15 is 0 Å². The Morgan fingerprint density at radius 3 is 2.52 bits per heavy atom. The molecule has 1 saturated heterocycles. The number of ether oxygens (including phenoxy) is 1. The molecular formula is C17H28N2O4. The van der Waals surface area contributed by atoms with Crippen LogP contribution in [0.15, 0.2) is 10.6 Å². The monoisotopic (exact) mass is 324 g/mol. The summed E-state index contributed by atoms with van der Waals surface area (Å²) in [4.78, 5) is 14.1. The molecule has 0 bridgehead atoms. The van der Waals surface area contributed by atoms with Crippen LogP contribution in [0.3, 0.4) is 0 Å². The summed E-state index contributed by atoms with van der Waals surface area (Å²) >= 11 is 0. The van der Waals surface area contributed by atoms with Crippen molar-refractivity contribution in [3.63, 3.8) is 0 Å². The Balaban J connectivity index is 2.11. The van der Waals surface area contributed by atoms with Crippen LogP contribution in [0.5, 0.6) is 0 Å². The number of amides is 1. The first-order valence-electron chi connectivity index (χ1n) is 8.16. The molecule has 1 aromatic heterocycles. The van der Waals surface area contributed by atoms with E-state index < -0.39 is 11.2 Å². The SMILES string of the molecule is C[C@@H]1CCC(c2cc(C(C)(C)O)no2)CN1C(=O)OC(C)(C)C. The Morgan fingerprint density at radius 2 is 2.00 bits per heavy atom. The topological polar surface area (TPSA) is 75.8 Å². The standard InChI is InChI=1S/C17H28N2O4/c1-11-7-8-12(10-19(11)15(20)22-16(2,3)4)13-9-14(18-23-13)17(5,6)21/h9,11-12,21H,7-8,10H2,1-6H3/t11-,12?/m1/s1. The smallest absolute Gasteiger partial charge is 0.410 e. The molecule has 2 heterocycles. The molecule has 23 heavy (non-hydrogen) atoms. The van der Waals surface area contributed by atoms with Crippen LogP contribution in [-0.2, 0) is 10.3 Å². The highest BCUT2D eigenvalue weighted by molar-refractivity contribution is 5.68. The molecule has 1 aliphatic rings. The van der Waals surface area contributed by atoms with Crippen LogP contribution < -0.4 is 0 Å². The third-order valence-electron chi connectivity index (χ3n) is 4.07. The lowest BCUT2D eigenvalue weighted by molar-refractivity contribution is 0.00868. The molecule has 0 aromatic carbocycles. The number of hydrogen-bond donors (Lipinski definition) is 1. The summed E-state index contributed by atoms with van der Waals surface area (Å²) in [6, 6.07) is 1.92. The Hall–Kier alpha value is -1.56. The molecule has 1 aliphatic heterocycles. The van der Waals surface area contributed by atoms with Crippen LogP contribution in [0, 0.1) is 0 Å². The first-order valence-corrected chi connectivity index (χ1v) is 8.16. The summed E-state index contributed by atoms with van der Waals surface area (Å²) in [5.41, 5.74) is -1.03. The van der Waals surface area contributed by atoms with Gasteiger partial charge in [0.1, 0.15) is 22.7 Å². The van der Waals surface area contributed by atoms with Crippen LogP contribution in [0.2, 0.25) is 0 Å². The lowest BCUT2D eigenvalue weighted by Gasteiger charge is -2.37. The Morgan fingerprint density at radius 1 is 1.35 bits per heavy atom. The zero-order valence-electron chi connectivity index (χ0n) is 14.9. The molecule has 6 nitrogen and oxygen atoms in total. The van der Waals surface area contributed by atoms with Gasteiger partial charge in [-0.15, -0.1) is 0 Å². The Kier molecular flexibility index (Phi) is 4.76. The highest BCUT2D eigenvalue weighted by Crippen LogP contribution is 2.32. The van der Waals surface area contributed by atoms with Gasteiger partial charge in [0, 0.05) is 24.6 Å². The molecule has 2 rings (SSSR count). The maximum Gasteiger partial charge on any atom is 0.410 e. The van der Waals surface area contributed by atoms with E-state index in [9.17, 15) is 9.90 Å². The third kappa shape index (κ3) is 4.47. The number of rotatable bonds is 2. The van der Waals surface area contributed by atoms with E-state index in [2.05, 4.69) is 5.16 Å². The molecule has 0 radical (unpaired) electrons. The van der Waals surface area contributed by atoms with Crippen LogP contribution in [0.1, 0.15) is 71.8 Å². The second-order valence-corrected chi connectivity index (χ2v) is 7.93. The fraction of sp³-hybridized carbons (Fsp3) is 0.765. The molecular weight excluding hydrogens is 296 g/mol. The molecule has 1 unspecified atom stereocenters. The van der Waals surface area contributed by atoms with E-state index in [1.807, 2.05) is 27.7 Å². The van der Waals surface area contributed by atoms with Crippen LogP contribution in [0.25, 0.3) is 0 Å². The Bertz CT molecular complexity index is 554. The number of likely N-dealkylation sites (tertiary alicyclic amines) is 1. The van der Waals surface area contributed by atoms with Gasteiger partial charge in [-0.3, -0.25) is 0 Å². The average Bonchev–Trinajstić information content (AvgIpc) is 2.86. The molecule has 0 aliphatic carbocycles. The average molecular weight is 324 g/mol. The van der Waals surface area contributed by atoms with Gasteiger partial charge in [-0.1, -0.05) is 5.16 Å². The van der Waals surface area contributed by atoms with Crippen molar-refractivity contribution in [3.05, 3.63) is 17.5 Å². The predicted octanol–water partition coefficient (Wildman–Crippen LogP) is 3.41. The van der Waals surface area contributed by atoms with Crippen molar-refractivity contribution < 1.29 is 19.2 Å². The van der Waals surface area contributed by atoms with Crippen LogP contribution in [0.4, 0.5) is 4.79 Å². The fourth-order valence-corrected chi connectivity index (χ4v) is 2.68. The van der Waals surface area contributed by atoms with Crippen molar-refractivity contribution in [3.8, 4) is 0 Å². The summed E-state index contributed by atoms with van der Waals surface area (Å²) in [6.45, 7) is 11.5. The highest BCUT2D eigenvalue weighted by Gasteiger charge is 2.35. The van der Waals surface area contributed by atoms with E-state index in [1.54, 1.807) is 24.8 Å². The molecule has 0 spiro atoms. The number of hydrogen-bond acceptors (Lipinski definition) is 5. The first kappa shape index (κ1) is 17.8. The normalized spacial score (nSPS) is 23.0. The minimum Gasteiger partial charge on any atom is -0.444 e. The van der Waals surface area contributed by atoms with Gasteiger partial charge in [-0.25, -0.2) is 4.79 Å². The lowest BCUT2D eigenvalue weighted by Crippen LogP contribution is -2.47. The molecule has 1 N–H and O–H groups in total. The van der Waals surface area contributed by atoms with E-state index in [-0.39, 0.29) is 18.1 Å². The number of nitrogens with zero attached hydrogens (tertiary/aromatic N) is 2. The molecule has 1 aromatic rings. The summed E-state index contributed by atoms with van der Waals surface area (Å²) in [6.07, 6.45) is 1.50. The van der Waals surface area contributed by atoms with Crippen molar-refractivity contribution in [1.29, 1.82) is 0 Å². The zero-order valence-corrected chi connectivity index (χ0v) is 14.9. The summed E-state index contributed by atoms with van der Waals surface area (Å²) in [5.74, 6) is 0.782. The molecule has 2 atom stereocenters. The van der Waals surface area contributed by atoms with Crippen molar-refractivity contribution in [2.24, 2.45) is 0 Å². The van der Waals surface area contributed by atoms with Gasteiger partial charge in [-0.05, 0) is 54.4 Å². The van der Waals surface area contributed by atoms with E-state index in [0.29, 0.717) is 18.0 Å². The van der Waals surface area contributed by atoms with Crippen molar-refractivity contribution in [2.45, 2.75) is 77.5 Å². The van der Waals surface area contributed by atoms with Gasteiger partial charge in [0.15, 0.2) is 0 Å². The van der Waals surface area contributed by atoms with Gasteiger partial charge in [0.25, 0.3) is 0 Å². The van der Waals surface area contributed by atoms with E-state index in [1.165, 1.54) is 0 Å². The third-order valence-corrected chi connectivity index (χ3v) is 4.07. The predicted molar refractivity (Wildman–Crippen MR) is 86.1 cm³/mol. The number of aromatic nitrogens is 1. The molecule has 130 valence electrons. The van der Waals surface area contributed by atoms with Crippen LogP contribution in [-0.4, -0.2) is 39.4 Å². The van der Waals surface area contributed by atoms with Crippen molar-refractivity contribution in [1.82, 2.24) is 10.1 Å². The van der Waals surface area contributed by atoms with Gasteiger partial charge >= 0.3 is 6.09 Å². The maximum absolute atomic E-state index is 12.4. The molecule has 0 saturated carbocycles. The lowest BCUT2D eigenvalue weighted by atomic mass is 9.91. The summed E-state index contributed by atoms with van der Waals surface area (Å²) in [7, 11) is 0. The molecule has 1 fully saturated rings. The fourth-order valence-electron chi connectivity index (χ4n) is 2.68. The number of piperidine rings is 1. The minimum absolute atomic E-state index is 0.0716. The summed E-state index contributed by atoms with van der Waals surface area (Å²) in [5, 5.41) is 14.0.